The van der Waals surface area contributed by atoms with Crippen LogP contribution in [0.3, 0.4) is 0 Å². The van der Waals surface area contributed by atoms with Crippen molar-refractivity contribution in [2.45, 2.75) is 58.5 Å². The molecule has 5 heteroatoms. The second-order valence-electron chi connectivity index (χ2n) is 8.39. The highest BCUT2D eigenvalue weighted by atomic mass is 16.2. The van der Waals surface area contributed by atoms with Crippen molar-refractivity contribution in [3.63, 3.8) is 0 Å². The fourth-order valence-corrected chi connectivity index (χ4v) is 4.51. The topological polar surface area (TPSA) is 65.2 Å². The fraction of sp³-hybridized carbons (Fsp3) is 0.360. The quantitative estimate of drug-likeness (QED) is 0.603. The molecule has 0 saturated heterocycles. The minimum absolute atomic E-state index is 0.122. The number of amides is 2. The second-order valence-corrected chi connectivity index (χ2v) is 8.39. The van der Waals surface area contributed by atoms with E-state index in [2.05, 4.69) is 29.4 Å². The third-order valence-corrected chi connectivity index (χ3v) is 6.01. The number of para-hydroxylation sites is 1. The Morgan fingerprint density at radius 3 is 2.53 bits per heavy atom. The van der Waals surface area contributed by atoms with Gasteiger partial charge in [0.2, 0.25) is 0 Å². The number of aryl methyl sites for hydroxylation is 2. The predicted octanol–water partition coefficient (Wildman–Crippen LogP) is 5.51. The van der Waals surface area contributed by atoms with Crippen molar-refractivity contribution in [2.75, 3.05) is 5.32 Å². The van der Waals surface area contributed by atoms with Gasteiger partial charge in [0.05, 0.1) is 12.1 Å². The fourth-order valence-electron chi connectivity index (χ4n) is 4.51. The molecule has 2 amide bonds. The van der Waals surface area contributed by atoms with Gasteiger partial charge in [-0.05, 0) is 61.9 Å². The number of carbonyl (C=O) groups excluding carboxylic acids is 1. The second kappa shape index (κ2) is 8.74. The highest BCUT2D eigenvalue weighted by molar-refractivity contribution is 5.89. The summed E-state index contributed by atoms with van der Waals surface area (Å²) in [5.74, 6) is 0. The van der Waals surface area contributed by atoms with Gasteiger partial charge < -0.3 is 15.2 Å². The molecule has 30 heavy (non-hydrogen) atoms. The van der Waals surface area contributed by atoms with E-state index in [0.717, 1.165) is 53.4 Å². The number of aromatic nitrogens is 1. The maximum absolute atomic E-state index is 13.2. The first-order valence-corrected chi connectivity index (χ1v) is 10.8. The molecular formula is C25H29N3O2. The highest BCUT2D eigenvalue weighted by Gasteiger charge is 2.26. The number of fused-ring (bicyclic) bond motifs is 1. The lowest BCUT2D eigenvalue weighted by molar-refractivity contribution is 0.162. The molecule has 4 rings (SSSR count). The number of anilines is 1. The Morgan fingerprint density at radius 1 is 1.07 bits per heavy atom. The van der Waals surface area contributed by atoms with E-state index in [1.165, 1.54) is 6.42 Å². The lowest BCUT2D eigenvalue weighted by Crippen LogP contribution is -2.44. The molecule has 3 aromatic rings. The van der Waals surface area contributed by atoms with Gasteiger partial charge in [0, 0.05) is 17.3 Å². The number of rotatable bonds is 4. The molecule has 2 aromatic carbocycles. The summed E-state index contributed by atoms with van der Waals surface area (Å²) in [5, 5.41) is 4.02. The first kappa shape index (κ1) is 20.2. The Kier molecular flexibility index (Phi) is 5.88. The first-order valence-electron chi connectivity index (χ1n) is 10.8. The molecule has 0 spiro atoms. The number of nitrogens with zero attached hydrogens (tertiary/aromatic N) is 1. The SMILES string of the molecule is Cc1cc(C)c2[nH]c(=O)c(CN(C(=O)Nc3ccccc3)C3CCCCC3)cc2c1. The highest BCUT2D eigenvalue weighted by Crippen LogP contribution is 2.25. The van der Waals surface area contributed by atoms with Gasteiger partial charge in [-0.3, -0.25) is 4.79 Å². The molecule has 0 atom stereocenters. The minimum Gasteiger partial charge on any atom is -0.321 e. The number of benzene rings is 2. The maximum atomic E-state index is 13.2. The molecule has 1 aliphatic rings. The molecule has 0 radical (unpaired) electrons. The molecule has 0 unspecified atom stereocenters. The van der Waals surface area contributed by atoms with Gasteiger partial charge in [-0.15, -0.1) is 0 Å². The smallest absolute Gasteiger partial charge is 0.321 e. The Labute approximate surface area is 177 Å². The zero-order valence-electron chi connectivity index (χ0n) is 17.7. The Bertz CT molecular complexity index is 1100. The zero-order chi connectivity index (χ0) is 21.1. The Hall–Kier alpha value is -3.08. The van der Waals surface area contributed by atoms with Gasteiger partial charge in [0.25, 0.3) is 5.56 Å². The van der Waals surface area contributed by atoms with Crippen LogP contribution in [0.2, 0.25) is 0 Å². The van der Waals surface area contributed by atoms with Crippen molar-refractivity contribution in [2.24, 2.45) is 0 Å². The van der Waals surface area contributed by atoms with Crippen LogP contribution in [0.25, 0.3) is 10.9 Å². The largest absolute Gasteiger partial charge is 0.322 e. The van der Waals surface area contributed by atoms with E-state index >= 15 is 0 Å². The third-order valence-electron chi connectivity index (χ3n) is 6.01. The molecule has 1 heterocycles. The lowest BCUT2D eigenvalue weighted by atomic mass is 9.94. The Balaban J connectivity index is 1.66. The van der Waals surface area contributed by atoms with Gasteiger partial charge in [-0.25, -0.2) is 4.79 Å². The number of urea groups is 1. The lowest BCUT2D eigenvalue weighted by Gasteiger charge is -2.34. The molecule has 0 bridgehead atoms. The summed E-state index contributed by atoms with van der Waals surface area (Å²) in [4.78, 5) is 30.9. The molecule has 156 valence electrons. The standard InChI is InChI=1S/C25H29N3O2/c1-17-13-18(2)23-19(14-17)15-20(24(29)27-23)16-28(22-11-7-4-8-12-22)25(30)26-21-9-5-3-6-10-21/h3,5-6,9-10,13-15,22H,4,7-8,11-12,16H2,1-2H3,(H,26,30)(H,27,29). The van der Waals surface area contributed by atoms with E-state index in [1.54, 1.807) is 0 Å². The van der Waals surface area contributed by atoms with Crippen molar-refractivity contribution in [3.05, 3.63) is 75.6 Å². The zero-order valence-corrected chi connectivity index (χ0v) is 17.7. The van der Waals surface area contributed by atoms with Crippen molar-refractivity contribution in [3.8, 4) is 0 Å². The summed E-state index contributed by atoms with van der Waals surface area (Å²) in [6, 6.07) is 15.6. The summed E-state index contributed by atoms with van der Waals surface area (Å²) in [6.45, 7) is 4.37. The van der Waals surface area contributed by atoms with Crippen LogP contribution in [0, 0.1) is 13.8 Å². The van der Waals surface area contributed by atoms with Gasteiger partial charge in [-0.2, -0.15) is 0 Å². The van der Waals surface area contributed by atoms with Crippen LogP contribution in [0.1, 0.15) is 48.8 Å². The third kappa shape index (κ3) is 4.40. The van der Waals surface area contributed by atoms with E-state index in [0.29, 0.717) is 12.1 Å². The van der Waals surface area contributed by atoms with Crippen LogP contribution in [0.4, 0.5) is 10.5 Å². The monoisotopic (exact) mass is 403 g/mol. The van der Waals surface area contributed by atoms with Crippen molar-refractivity contribution in [1.82, 2.24) is 9.88 Å². The maximum Gasteiger partial charge on any atom is 0.322 e. The van der Waals surface area contributed by atoms with E-state index in [-0.39, 0.29) is 17.6 Å². The van der Waals surface area contributed by atoms with Crippen LogP contribution in [0.15, 0.2) is 53.3 Å². The van der Waals surface area contributed by atoms with E-state index < -0.39 is 0 Å². The number of nitrogens with one attached hydrogen (secondary N) is 2. The molecule has 0 aliphatic heterocycles. The average Bonchev–Trinajstić information content (AvgIpc) is 2.74. The van der Waals surface area contributed by atoms with Crippen LogP contribution >= 0.6 is 0 Å². The van der Waals surface area contributed by atoms with Gasteiger partial charge in [-0.1, -0.05) is 49.1 Å². The van der Waals surface area contributed by atoms with Crippen LogP contribution in [-0.4, -0.2) is 22.0 Å². The summed E-state index contributed by atoms with van der Waals surface area (Å²) in [7, 11) is 0. The number of hydrogen-bond donors (Lipinski definition) is 2. The van der Waals surface area contributed by atoms with Crippen LogP contribution in [-0.2, 0) is 6.54 Å². The number of H-pyrrole nitrogens is 1. The summed E-state index contributed by atoms with van der Waals surface area (Å²) >= 11 is 0. The summed E-state index contributed by atoms with van der Waals surface area (Å²) in [5.41, 5.74) is 4.35. The molecule has 1 fully saturated rings. The average molecular weight is 404 g/mol. The van der Waals surface area contributed by atoms with Crippen LogP contribution in [0.5, 0.6) is 0 Å². The molecule has 5 nitrogen and oxygen atoms in total. The van der Waals surface area contributed by atoms with Crippen molar-refractivity contribution in [1.29, 1.82) is 0 Å². The summed E-state index contributed by atoms with van der Waals surface area (Å²) < 4.78 is 0. The van der Waals surface area contributed by atoms with E-state index in [9.17, 15) is 9.59 Å². The van der Waals surface area contributed by atoms with Gasteiger partial charge in [0.1, 0.15) is 0 Å². The predicted molar refractivity (Wildman–Crippen MR) is 122 cm³/mol. The minimum atomic E-state index is -0.145. The molecule has 2 N–H and O–H groups in total. The Morgan fingerprint density at radius 2 is 1.80 bits per heavy atom. The van der Waals surface area contributed by atoms with Gasteiger partial charge >= 0.3 is 6.03 Å². The molecular weight excluding hydrogens is 374 g/mol. The van der Waals surface area contributed by atoms with E-state index in [4.69, 9.17) is 0 Å². The number of carbonyl (C=O) groups is 1. The van der Waals surface area contributed by atoms with Crippen LogP contribution < -0.4 is 10.9 Å². The summed E-state index contributed by atoms with van der Waals surface area (Å²) in [6.07, 6.45) is 5.40. The molecule has 1 aliphatic carbocycles. The normalized spacial score (nSPS) is 14.6. The first-order chi connectivity index (χ1) is 14.5. The number of pyridine rings is 1. The van der Waals surface area contributed by atoms with Crippen molar-refractivity contribution >= 4 is 22.6 Å². The number of hydrogen-bond acceptors (Lipinski definition) is 2. The van der Waals surface area contributed by atoms with Crippen molar-refractivity contribution < 1.29 is 4.79 Å². The number of aromatic amines is 1. The van der Waals surface area contributed by atoms with Gasteiger partial charge in [0.15, 0.2) is 0 Å². The molecule has 1 aromatic heterocycles. The molecule has 1 saturated carbocycles. The van der Waals surface area contributed by atoms with E-state index in [1.807, 2.05) is 48.2 Å².